The molecule has 0 radical (unpaired) electrons. The summed E-state index contributed by atoms with van der Waals surface area (Å²) in [5.41, 5.74) is 2.05. The summed E-state index contributed by atoms with van der Waals surface area (Å²) in [7, 11) is 0. The smallest absolute Gasteiger partial charge is 0.295 e. The van der Waals surface area contributed by atoms with Gasteiger partial charge in [-0.1, -0.05) is 42.0 Å². The first-order chi connectivity index (χ1) is 17.4. The molecule has 1 fully saturated rings. The molecule has 4 rings (SSSR count). The van der Waals surface area contributed by atoms with E-state index in [1.54, 1.807) is 6.07 Å². The van der Waals surface area contributed by atoms with Crippen LogP contribution < -0.4 is 4.74 Å². The molecule has 0 bridgehead atoms. The Hall–Kier alpha value is -4.46. The zero-order valence-corrected chi connectivity index (χ0v) is 21.1. The molecule has 3 aromatic rings. The number of non-ortho nitro benzene ring substituents is 1. The Morgan fingerprint density at radius 1 is 1.03 bits per heavy atom. The van der Waals surface area contributed by atoms with Gasteiger partial charge in [0.05, 0.1) is 16.5 Å². The second-order valence-corrected chi connectivity index (χ2v) is 10.0. The monoisotopic (exact) mass is 500 g/mol. The van der Waals surface area contributed by atoms with E-state index in [9.17, 15) is 24.8 Å². The molecule has 3 aromatic carbocycles. The number of Topliss-reactive ketones (excluding diaryl/α,β-unsaturated/α-hetero) is 1. The number of hydrogen-bond acceptors (Lipinski definition) is 6. The number of nitro groups is 1. The number of benzene rings is 3. The highest BCUT2D eigenvalue weighted by Gasteiger charge is 2.46. The first-order valence-corrected chi connectivity index (χ1v) is 11.8. The summed E-state index contributed by atoms with van der Waals surface area (Å²) in [6, 6.07) is 19.1. The topological polar surface area (TPSA) is 110 Å². The summed E-state index contributed by atoms with van der Waals surface area (Å²) in [6.07, 6.45) is 0. The fraction of sp³-hybridized carbons (Fsp3) is 0.241. The van der Waals surface area contributed by atoms with Gasteiger partial charge < -0.3 is 14.7 Å². The van der Waals surface area contributed by atoms with Crippen LogP contribution >= 0.6 is 0 Å². The van der Waals surface area contributed by atoms with Gasteiger partial charge in [-0.05, 0) is 63.1 Å². The highest BCUT2D eigenvalue weighted by molar-refractivity contribution is 6.46. The average Bonchev–Trinajstić information content (AvgIpc) is 3.09. The predicted molar refractivity (Wildman–Crippen MR) is 139 cm³/mol. The molecule has 1 saturated heterocycles. The van der Waals surface area contributed by atoms with Gasteiger partial charge in [0.2, 0.25) is 0 Å². The Bertz CT molecular complexity index is 1390. The molecule has 1 N–H and O–H groups in total. The number of rotatable bonds is 6. The Morgan fingerprint density at radius 3 is 2.24 bits per heavy atom. The van der Waals surface area contributed by atoms with Gasteiger partial charge >= 0.3 is 0 Å². The highest BCUT2D eigenvalue weighted by atomic mass is 16.6. The van der Waals surface area contributed by atoms with Crippen LogP contribution in [0.25, 0.3) is 5.76 Å². The normalized spacial score (nSPS) is 17.2. The number of hydrogen-bond donors (Lipinski definition) is 1. The third-order valence-corrected chi connectivity index (χ3v) is 5.95. The summed E-state index contributed by atoms with van der Waals surface area (Å²) in [6.45, 7) is 7.89. The summed E-state index contributed by atoms with van der Waals surface area (Å²) >= 11 is 0. The van der Waals surface area contributed by atoms with Crippen LogP contribution in [0.5, 0.6) is 5.75 Å². The lowest BCUT2D eigenvalue weighted by molar-refractivity contribution is -0.384. The Balaban J connectivity index is 1.76. The third-order valence-electron chi connectivity index (χ3n) is 5.95. The largest absolute Gasteiger partial charge is 0.507 e. The number of aliphatic hydroxyl groups is 1. The average molecular weight is 501 g/mol. The maximum atomic E-state index is 13.2. The number of carbonyl (C=O) groups is 2. The Labute approximate surface area is 215 Å². The van der Waals surface area contributed by atoms with Crippen molar-refractivity contribution in [3.63, 3.8) is 0 Å². The van der Waals surface area contributed by atoms with Crippen LogP contribution in [0, 0.1) is 17.0 Å². The van der Waals surface area contributed by atoms with E-state index in [2.05, 4.69) is 0 Å². The van der Waals surface area contributed by atoms with Crippen LogP contribution in [0.1, 0.15) is 49.1 Å². The second kappa shape index (κ2) is 9.89. The van der Waals surface area contributed by atoms with Crippen LogP contribution in [-0.4, -0.2) is 32.2 Å². The molecule has 1 aliphatic rings. The number of amides is 1. The lowest BCUT2D eigenvalue weighted by Gasteiger charge is -2.26. The molecule has 1 atom stereocenters. The zero-order chi connectivity index (χ0) is 26.9. The molecular weight excluding hydrogens is 472 g/mol. The van der Waals surface area contributed by atoms with Gasteiger partial charge in [0, 0.05) is 24.2 Å². The van der Waals surface area contributed by atoms with E-state index in [4.69, 9.17) is 4.74 Å². The maximum absolute atomic E-state index is 13.2. The van der Waals surface area contributed by atoms with Crippen LogP contribution in [0.15, 0.2) is 78.4 Å². The summed E-state index contributed by atoms with van der Waals surface area (Å²) in [4.78, 5) is 38.4. The van der Waals surface area contributed by atoms with Crippen molar-refractivity contribution in [3.05, 3.63) is 111 Å². The third kappa shape index (κ3) is 5.53. The Kier molecular flexibility index (Phi) is 6.85. The van der Waals surface area contributed by atoms with Crippen LogP contribution in [-0.2, 0) is 16.1 Å². The van der Waals surface area contributed by atoms with E-state index >= 15 is 0 Å². The number of nitro benzene ring substituents is 1. The minimum absolute atomic E-state index is 0.0582. The molecule has 8 heteroatoms. The minimum Gasteiger partial charge on any atom is -0.507 e. The number of likely N-dealkylation sites (tertiary alicyclic amines) is 1. The summed E-state index contributed by atoms with van der Waals surface area (Å²) in [5.74, 6) is -1.23. The number of ether oxygens (including phenoxy) is 1. The van der Waals surface area contributed by atoms with Crippen molar-refractivity contribution < 1.29 is 24.4 Å². The molecule has 0 spiro atoms. The first-order valence-electron chi connectivity index (χ1n) is 11.8. The van der Waals surface area contributed by atoms with Gasteiger partial charge in [0.1, 0.15) is 17.1 Å². The second-order valence-electron chi connectivity index (χ2n) is 10.0. The number of carbonyl (C=O) groups excluding carboxylic acids is 2. The number of aryl methyl sites for hydroxylation is 1. The molecular formula is C29H28N2O6. The summed E-state index contributed by atoms with van der Waals surface area (Å²) in [5, 5.41) is 22.2. The van der Waals surface area contributed by atoms with Crippen molar-refractivity contribution in [2.24, 2.45) is 0 Å². The van der Waals surface area contributed by atoms with Crippen molar-refractivity contribution in [2.75, 3.05) is 0 Å². The Morgan fingerprint density at radius 2 is 1.68 bits per heavy atom. The molecule has 8 nitrogen and oxygen atoms in total. The van der Waals surface area contributed by atoms with Gasteiger partial charge in [0.25, 0.3) is 17.4 Å². The lowest BCUT2D eigenvalue weighted by Crippen LogP contribution is -2.29. The minimum atomic E-state index is -0.833. The molecule has 0 aliphatic carbocycles. The SMILES string of the molecule is Cc1cccc(C2/C(=C(/O)c3ccc([N+](=O)[O-])cc3)C(=O)C(=O)N2Cc2ccc(OC(C)(C)C)cc2)c1. The van der Waals surface area contributed by atoms with E-state index in [0.29, 0.717) is 11.3 Å². The lowest BCUT2D eigenvalue weighted by atomic mass is 9.94. The van der Waals surface area contributed by atoms with Crippen molar-refractivity contribution in [2.45, 2.75) is 45.9 Å². The first kappa shape index (κ1) is 25.6. The molecule has 1 amide bonds. The van der Waals surface area contributed by atoms with E-state index < -0.39 is 22.7 Å². The van der Waals surface area contributed by atoms with Crippen molar-refractivity contribution in [3.8, 4) is 5.75 Å². The molecule has 1 aliphatic heterocycles. The molecule has 0 aromatic heterocycles. The standard InChI is InChI=1S/C29H28N2O6/c1-18-6-5-7-21(16-18)25-24(26(32)20-10-12-22(13-11-20)31(35)36)27(33)28(34)30(25)17-19-8-14-23(15-9-19)37-29(2,3)4/h5-16,25,32H,17H2,1-4H3/b26-24-. The molecule has 37 heavy (non-hydrogen) atoms. The molecule has 190 valence electrons. The van der Waals surface area contributed by atoms with Gasteiger partial charge in [-0.25, -0.2) is 0 Å². The molecule has 1 unspecified atom stereocenters. The van der Waals surface area contributed by atoms with Gasteiger partial charge in [-0.15, -0.1) is 0 Å². The van der Waals surface area contributed by atoms with Crippen LogP contribution in [0.2, 0.25) is 0 Å². The number of nitrogens with zero attached hydrogens (tertiary/aromatic N) is 2. The van der Waals surface area contributed by atoms with Crippen LogP contribution in [0.4, 0.5) is 5.69 Å². The fourth-order valence-corrected chi connectivity index (χ4v) is 4.34. The van der Waals surface area contributed by atoms with Gasteiger partial charge in [-0.2, -0.15) is 0 Å². The van der Waals surface area contributed by atoms with Crippen molar-refractivity contribution in [1.82, 2.24) is 4.90 Å². The van der Waals surface area contributed by atoms with Gasteiger partial charge in [0.15, 0.2) is 0 Å². The molecule has 0 saturated carbocycles. The van der Waals surface area contributed by atoms with Crippen molar-refractivity contribution in [1.29, 1.82) is 0 Å². The van der Waals surface area contributed by atoms with Crippen molar-refractivity contribution >= 4 is 23.1 Å². The van der Waals surface area contributed by atoms with E-state index in [1.165, 1.54) is 29.2 Å². The predicted octanol–water partition coefficient (Wildman–Crippen LogP) is 5.70. The van der Waals surface area contributed by atoms with Gasteiger partial charge in [-0.3, -0.25) is 19.7 Å². The van der Waals surface area contributed by atoms with E-state index in [1.807, 2.05) is 70.2 Å². The summed E-state index contributed by atoms with van der Waals surface area (Å²) < 4.78 is 5.87. The van der Waals surface area contributed by atoms with E-state index in [0.717, 1.165) is 11.1 Å². The molecule has 1 heterocycles. The zero-order valence-electron chi connectivity index (χ0n) is 21.1. The fourth-order valence-electron chi connectivity index (χ4n) is 4.34. The number of ketones is 1. The quantitative estimate of drug-likeness (QED) is 0.153. The van der Waals surface area contributed by atoms with Crippen LogP contribution in [0.3, 0.4) is 0 Å². The number of aliphatic hydroxyl groups excluding tert-OH is 1. The highest BCUT2D eigenvalue weighted by Crippen LogP contribution is 2.40. The maximum Gasteiger partial charge on any atom is 0.295 e. The van der Waals surface area contributed by atoms with E-state index in [-0.39, 0.29) is 34.7 Å².